The van der Waals surface area contributed by atoms with Gasteiger partial charge in [0.25, 0.3) is 11.8 Å². The second kappa shape index (κ2) is 10.9. The molecule has 0 radical (unpaired) electrons. The largest absolute Gasteiger partial charge is 0.356 e. The highest BCUT2D eigenvalue weighted by Gasteiger charge is 2.34. The van der Waals surface area contributed by atoms with Gasteiger partial charge in [-0.1, -0.05) is 12.1 Å². The minimum absolute atomic E-state index is 0. The van der Waals surface area contributed by atoms with E-state index in [0.717, 1.165) is 31.9 Å². The Morgan fingerprint density at radius 2 is 1.70 bits per heavy atom. The van der Waals surface area contributed by atoms with Crippen LogP contribution in [-0.4, -0.2) is 60.4 Å². The summed E-state index contributed by atoms with van der Waals surface area (Å²) in [6.45, 7) is 6.37. The number of fused-ring (bicyclic) bond motifs is 1. The van der Waals surface area contributed by atoms with Gasteiger partial charge in [-0.15, -0.1) is 24.0 Å². The molecule has 2 amide bonds. The fourth-order valence-electron chi connectivity index (χ4n) is 2.63. The topological polar surface area (TPSA) is 73.8 Å². The number of thioether (sulfide) groups is 1. The Hall–Kier alpha value is -1.29. The zero-order valence-corrected chi connectivity index (χ0v) is 19.5. The molecule has 27 heavy (non-hydrogen) atoms. The maximum absolute atomic E-state index is 12.3. The highest BCUT2D eigenvalue weighted by atomic mass is 127. The SMILES string of the molecule is CN=C(NCCCCN1C(=O)c2ccccc2C1=O)NCC(C)(C)SC.I. The molecule has 1 heterocycles. The molecule has 0 bridgehead atoms. The number of aliphatic imine (C=N–C) groups is 1. The number of carbonyl (C=O) groups excluding carboxylic acids is 2. The average Bonchev–Trinajstić information content (AvgIpc) is 2.89. The van der Waals surface area contributed by atoms with Crippen molar-refractivity contribution in [3.05, 3.63) is 35.4 Å². The Labute approximate surface area is 183 Å². The Morgan fingerprint density at radius 1 is 1.11 bits per heavy atom. The smallest absolute Gasteiger partial charge is 0.261 e. The molecule has 0 aromatic heterocycles. The molecule has 8 heteroatoms. The number of rotatable bonds is 8. The molecule has 1 aromatic rings. The van der Waals surface area contributed by atoms with Crippen molar-refractivity contribution < 1.29 is 9.59 Å². The minimum Gasteiger partial charge on any atom is -0.356 e. The van der Waals surface area contributed by atoms with E-state index in [4.69, 9.17) is 0 Å². The van der Waals surface area contributed by atoms with E-state index in [1.165, 1.54) is 4.90 Å². The molecular weight excluding hydrogens is 475 g/mol. The molecule has 2 rings (SSSR count). The van der Waals surface area contributed by atoms with Gasteiger partial charge in [0.2, 0.25) is 0 Å². The fraction of sp³-hybridized carbons (Fsp3) is 0.526. The molecule has 150 valence electrons. The molecule has 0 saturated carbocycles. The molecule has 0 unspecified atom stereocenters. The second-order valence-electron chi connectivity index (χ2n) is 6.83. The highest BCUT2D eigenvalue weighted by molar-refractivity contribution is 14.0. The minimum atomic E-state index is -0.185. The van der Waals surface area contributed by atoms with Crippen LogP contribution in [0.25, 0.3) is 0 Å². The van der Waals surface area contributed by atoms with Crippen LogP contribution in [0.15, 0.2) is 29.3 Å². The van der Waals surface area contributed by atoms with Gasteiger partial charge in [0.05, 0.1) is 11.1 Å². The molecule has 0 fully saturated rings. The summed E-state index contributed by atoms with van der Waals surface area (Å²) in [5, 5.41) is 6.59. The first kappa shape index (κ1) is 23.7. The summed E-state index contributed by atoms with van der Waals surface area (Å²) < 4.78 is 0.142. The molecule has 2 N–H and O–H groups in total. The fourth-order valence-corrected chi connectivity index (χ4v) is 2.85. The third kappa shape index (κ3) is 6.38. The van der Waals surface area contributed by atoms with E-state index in [1.807, 2.05) is 0 Å². The summed E-state index contributed by atoms with van der Waals surface area (Å²) in [6.07, 6.45) is 3.70. The van der Waals surface area contributed by atoms with Gasteiger partial charge in [-0.3, -0.25) is 19.5 Å². The second-order valence-corrected chi connectivity index (χ2v) is 8.34. The van der Waals surface area contributed by atoms with Crippen molar-refractivity contribution in [2.45, 2.75) is 31.4 Å². The number of nitrogens with one attached hydrogen (secondary N) is 2. The number of imide groups is 1. The molecule has 1 aliphatic heterocycles. The summed E-state index contributed by atoms with van der Waals surface area (Å²) in [5.41, 5.74) is 1.02. The Balaban J connectivity index is 0.00000364. The number of benzene rings is 1. The number of hydrogen-bond donors (Lipinski definition) is 2. The molecule has 1 aromatic carbocycles. The highest BCUT2D eigenvalue weighted by Crippen LogP contribution is 2.22. The molecule has 0 atom stereocenters. The van der Waals surface area contributed by atoms with Gasteiger partial charge in [0.15, 0.2) is 5.96 Å². The van der Waals surface area contributed by atoms with E-state index in [1.54, 1.807) is 43.1 Å². The predicted octanol–water partition coefficient (Wildman–Crippen LogP) is 2.99. The molecular formula is C19H29IN4O2S. The van der Waals surface area contributed by atoms with Crippen molar-refractivity contribution in [1.29, 1.82) is 0 Å². The third-order valence-corrected chi connectivity index (χ3v) is 5.69. The monoisotopic (exact) mass is 504 g/mol. The van der Waals surface area contributed by atoms with Crippen molar-refractivity contribution in [3.8, 4) is 0 Å². The quantitative estimate of drug-likeness (QED) is 0.187. The number of unbranched alkanes of at least 4 members (excludes halogenated alkanes) is 1. The van der Waals surface area contributed by atoms with Crippen molar-refractivity contribution >= 4 is 53.5 Å². The van der Waals surface area contributed by atoms with Crippen LogP contribution in [0.3, 0.4) is 0 Å². The average molecular weight is 504 g/mol. The number of amides is 2. The lowest BCUT2D eigenvalue weighted by Gasteiger charge is -2.23. The van der Waals surface area contributed by atoms with Crippen LogP contribution in [0, 0.1) is 0 Å². The van der Waals surface area contributed by atoms with Crippen LogP contribution in [0.1, 0.15) is 47.4 Å². The van der Waals surface area contributed by atoms with Gasteiger partial charge >= 0.3 is 0 Å². The summed E-state index contributed by atoms with van der Waals surface area (Å²) in [4.78, 5) is 30.1. The summed E-state index contributed by atoms with van der Waals surface area (Å²) in [7, 11) is 1.75. The van der Waals surface area contributed by atoms with E-state index in [0.29, 0.717) is 17.7 Å². The first-order valence-corrected chi connectivity index (χ1v) is 10.1. The van der Waals surface area contributed by atoms with Gasteiger partial charge in [0.1, 0.15) is 0 Å². The van der Waals surface area contributed by atoms with E-state index < -0.39 is 0 Å². The summed E-state index contributed by atoms with van der Waals surface area (Å²) in [5.74, 6) is 0.401. The standard InChI is InChI=1S/C19H28N4O2S.HI/c1-19(2,26-4)13-22-18(20-3)21-11-7-8-12-23-16(24)14-9-5-6-10-15(14)17(23)25;/h5-6,9-10H,7-8,11-13H2,1-4H3,(H2,20,21,22);1H. The maximum atomic E-state index is 12.3. The lowest BCUT2D eigenvalue weighted by molar-refractivity contribution is 0.0652. The first-order valence-electron chi connectivity index (χ1n) is 8.84. The van der Waals surface area contributed by atoms with Crippen LogP contribution >= 0.6 is 35.7 Å². The lowest BCUT2D eigenvalue weighted by Crippen LogP contribution is -2.43. The number of hydrogen-bond acceptors (Lipinski definition) is 4. The van der Waals surface area contributed by atoms with Gasteiger partial charge < -0.3 is 10.6 Å². The predicted molar refractivity (Wildman–Crippen MR) is 123 cm³/mol. The molecule has 1 aliphatic rings. The van der Waals surface area contributed by atoms with Crippen LogP contribution in [0.2, 0.25) is 0 Å². The number of halogens is 1. The van der Waals surface area contributed by atoms with E-state index in [-0.39, 0.29) is 40.5 Å². The van der Waals surface area contributed by atoms with Gasteiger partial charge in [-0.25, -0.2) is 0 Å². The number of guanidine groups is 1. The van der Waals surface area contributed by atoms with Crippen LogP contribution in [0.4, 0.5) is 0 Å². The van der Waals surface area contributed by atoms with Crippen molar-refractivity contribution in [2.75, 3.05) is 32.9 Å². The Kier molecular flexibility index (Phi) is 9.58. The van der Waals surface area contributed by atoms with Crippen LogP contribution < -0.4 is 10.6 Å². The third-order valence-electron chi connectivity index (χ3n) is 4.44. The molecule has 0 saturated heterocycles. The Morgan fingerprint density at radius 3 is 2.22 bits per heavy atom. The zero-order chi connectivity index (χ0) is 19.2. The van der Waals surface area contributed by atoms with E-state index >= 15 is 0 Å². The van der Waals surface area contributed by atoms with Crippen molar-refractivity contribution in [3.63, 3.8) is 0 Å². The maximum Gasteiger partial charge on any atom is 0.261 e. The molecule has 0 spiro atoms. The van der Waals surface area contributed by atoms with E-state index in [9.17, 15) is 9.59 Å². The summed E-state index contributed by atoms with van der Waals surface area (Å²) in [6, 6.07) is 6.99. The lowest BCUT2D eigenvalue weighted by atomic mass is 10.1. The van der Waals surface area contributed by atoms with Crippen molar-refractivity contribution in [1.82, 2.24) is 15.5 Å². The van der Waals surface area contributed by atoms with E-state index in [2.05, 4.69) is 35.7 Å². The van der Waals surface area contributed by atoms with Crippen LogP contribution in [0.5, 0.6) is 0 Å². The summed E-state index contributed by atoms with van der Waals surface area (Å²) >= 11 is 1.81. The van der Waals surface area contributed by atoms with Gasteiger partial charge in [0, 0.05) is 31.4 Å². The normalized spacial score (nSPS) is 14.1. The van der Waals surface area contributed by atoms with Crippen molar-refractivity contribution in [2.24, 2.45) is 4.99 Å². The Bertz CT molecular complexity index is 659. The number of nitrogens with zero attached hydrogens (tertiary/aromatic N) is 2. The molecule has 0 aliphatic carbocycles. The zero-order valence-electron chi connectivity index (χ0n) is 16.4. The van der Waals surface area contributed by atoms with Gasteiger partial charge in [-0.2, -0.15) is 11.8 Å². The van der Waals surface area contributed by atoms with Gasteiger partial charge in [-0.05, 0) is 45.1 Å². The van der Waals surface area contributed by atoms with Crippen LogP contribution in [-0.2, 0) is 0 Å². The molecule has 6 nitrogen and oxygen atoms in total. The number of carbonyl (C=O) groups is 2. The first-order chi connectivity index (χ1) is 12.4.